The quantitative estimate of drug-likeness (QED) is 0.692. The Balaban J connectivity index is 1.66. The van der Waals surface area contributed by atoms with Crippen molar-refractivity contribution in [2.45, 2.75) is 19.4 Å². The van der Waals surface area contributed by atoms with Gasteiger partial charge in [0.15, 0.2) is 0 Å². The van der Waals surface area contributed by atoms with E-state index in [1.54, 1.807) is 0 Å². The molecule has 2 aromatic carbocycles. The number of rotatable bonds is 8. The number of hydrogen-bond acceptors (Lipinski definition) is 4. The zero-order chi connectivity index (χ0) is 21.7. The molecule has 0 radical (unpaired) electrons. The minimum Gasteiger partial charge on any atom is -0.372 e. The van der Waals surface area contributed by atoms with Crippen LogP contribution in [0.3, 0.4) is 0 Å². The van der Waals surface area contributed by atoms with Crippen LogP contribution in [-0.4, -0.2) is 52.4 Å². The van der Waals surface area contributed by atoms with Crippen molar-refractivity contribution >= 4 is 27.5 Å². The molecule has 1 saturated heterocycles. The molecule has 1 N–H and O–H groups in total. The molecule has 162 valence electrons. The Hall–Kier alpha value is -2.65. The molecule has 0 bridgehead atoms. The van der Waals surface area contributed by atoms with Crippen LogP contribution in [0.1, 0.15) is 18.4 Å². The predicted molar refractivity (Wildman–Crippen MR) is 116 cm³/mol. The number of carbonyl (C=O) groups excluding carboxylic acids is 1. The van der Waals surface area contributed by atoms with Crippen molar-refractivity contribution in [2.24, 2.45) is 0 Å². The average molecular weight is 435 g/mol. The fourth-order valence-corrected chi connectivity index (χ4v) is 4.40. The molecule has 0 unspecified atom stereocenters. The summed E-state index contributed by atoms with van der Waals surface area (Å²) in [5, 5.41) is 2.72. The number of nitrogens with one attached hydrogen (secondary N) is 1. The van der Waals surface area contributed by atoms with E-state index in [4.69, 9.17) is 0 Å². The van der Waals surface area contributed by atoms with Crippen LogP contribution < -0.4 is 14.5 Å². The van der Waals surface area contributed by atoms with Crippen LogP contribution in [0.2, 0.25) is 0 Å². The molecule has 30 heavy (non-hydrogen) atoms. The second-order valence-electron chi connectivity index (χ2n) is 7.39. The molecule has 1 amide bonds. The van der Waals surface area contributed by atoms with E-state index in [1.165, 1.54) is 45.1 Å². The first kappa shape index (κ1) is 22.0. The van der Waals surface area contributed by atoms with Crippen LogP contribution >= 0.6 is 0 Å². The lowest BCUT2D eigenvalue weighted by molar-refractivity contribution is -0.119. The fourth-order valence-electron chi connectivity index (χ4n) is 3.33. The zero-order valence-electron chi connectivity index (χ0n) is 17.2. The Kier molecular flexibility index (Phi) is 6.94. The highest BCUT2D eigenvalue weighted by Gasteiger charge is 2.29. The van der Waals surface area contributed by atoms with E-state index >= 15 is 0 Å². The molecule has 1 fully saturated rings. The van der Waals surface area contributed by atoms with Crippen LogP contribution in [0.15, 0.2) is 48.5 Å². The number of nitrogens with zero attached hydrogens (tertiary/aromatic N) is 3. The van der Waals surface area contributed by atoms with Gasteiger partial charge in [-0.05, 0) is 42.7 Å². The van der Waals surface area contributed by atoms with Gasteiger partial charge in [-0.25, -0.2) is 8.70 Å². The Morgan fingerprint density at radius 2 is 1.70 bits per heavy atom. The third-order valence-electron chi connectivity index (χ3n) is 5.05. The number of anilines is 2. The highest BCUT2D eigenvalue weighted by atomic mass is 32.2. The van der Waals surface area contributed by atoms with Crippen LogP contribution in [0.5, 0.6) is 0 Å². The van der Waals surface area contributed by atoms with Crippen molar-refractivity contribution in [3.63, 3.8) is 0 Å². The smallest absolute Gasteiger partial charge is 0.304 e. The van der Waals surface area contributed by atoms with Gasteiger partial charge in [-0.15, -0.1) is 0 Å². The van der Waals surface area contributed by atoms with E-state index in [9.17, 15) is 17.6 Å². The van der Waals surface area contributed by atoms with Gasteiger partial charge in [-0.3, -0.25) is 4.79 Å². The molecule has 0 aromatic heterocycles. The summed E-state index contributed by atoms with van der Waals surface area (Å²) in [6.45, 7) is 1.85. The summed E-state index contributed by atoms with van der Waals surface area (Å²) in [5.41, 5.74) is 1.89. The first-order valence-corrected chi connectivity index (χ1v) is 11.2. The van der Waals surface area contributed by atoms with Gasteiger partial charge in [0, 0.05) is 39.4 Å². The summed E-state index contributed by atoms with van der Waals surface area (Å²) < 4.78 is 41.3. The lowest BCUT2D eigenvalue weighted by Crippen LogP contribution is -2.46. The first-order valence-electron chi connectivity index (χ1n) is 9.84. The maximum absolute atomic E-state index is 14.2. The molecule has 0 spiro atoms. The highest BCUT2D eigenvalue weighted by molar-refractivity contribution is 7.90. The SMILES string of the molecule is CN(C)S(=O)(=O)N(CC(=O)NCc1ccc(N2CCCC2)cc1)c1ccccc1F. The third-order valence-corrected chi connectivity index (χ3v) is 6.85. The number of carbonyl (C=O) groups is 1. The Labute approximate surface area is 177 Å². The second kappa shape index (κ2) is 9.44. The molecular formula is C21H27FN4O3S. The average Bonchev–Trinajstić information content (AvgIpc) is 3.26. The molecule has 7 nitrogen and oxygen atoms in total. The minimum absolute atomic E-state index is 0.170. The van der Waals surface area contributed by atoms with Gasteiger partial charge in [-0.2, -0.15) is 12.7 Å². The van der Waals surface area contributed by atoms with Crippen molar-refractivity contribution in [2.75, 3.05) is 42.9 Å². The van der Waals surface area contributed by atoms with E-state index in [0.717, 1.165) is 39.0 Å². The molecule has 1 heterocycles. The number of hydrogen-bond donors (Lipinski definition) is 1. The van der Waals surface area contributed by atoms with Crippen LogP contribution in [0.25, 0.3) is 0 Å². The molecule has 2 aromatic rings. The predicted octanol–water partition coefficient (Wildman–Crippen LogP) is 2.36. The van der Waals surface area contributed by atoms with Gasteiger partial charge in [0.1, 0.15) is 12.4 Å². The van der Waals surface area contributed by atoms with E-state index in [0.29, 0.717) is 0 Å². The Morgan fingerprint density at radius 3 is 2.30 bits per heavy atom. The summed E-state index contributed by atoms with van der Waals surface area (Å²) in [7, 11) is -1.37. The molecule has 1 aliphatic rings. The van der Waals surface area contributed by atoms with Crippen molar-refractivity contribution < 1.29 is 17.6 Å². The largest absolute Gasteiger partial charge is 0.372 e. The third kappa shape index (κ3) is 5.09. The minimum atomic E-state index is -4.05. The Morgan fingerprint density at radius 1 is 1.07 bits per heavy atom. The number of para-hydroxylation sites is 1. The van der Waals surface area contributed by atoms with E-state index in [1.807, 2.05) is 24.3 Å². The highest BCUT2D eigenvalue weighted by Crippen LogP contribution is 2.23. The first-order chi connectivity index (χ1) is 14.3. The van der Waals surface area contributed by atoms with Crippen molar-refractivity contribution in [1.82, 2.24) is 9.62 Å². The topological polar surface area (TPSA) is 73.0 Å². The van der Waals surface area contributed by atoms with Gasteiger partial charge in [-0.1, -0.05) is 24.3 Å². The maximum atomic E-state index is 14.2. The van der Waals surface area contributed by atoms with Gasteiger partial charge < -0.3 is 10.2 Å². The van der Waals surface area contributed by atoms with Gasteiger partial charge in [0.05, 0.1) is 5.69 Å². The normalized spacial score (nSPS) is 14.2. The van der Waals surface area contributed by atoms with Gasteiger partial charge in [0.2, 0.25) is 5.91 Å². The second-order valence-corrected chi connectivity index (χ2v) is 9.45. The molecule has 9 heteroatoms. The molecule has 1 aliphatic heterocycles. The molecule has 0 saturated carbocycles. The van der Waals surface area contributed by atoms with Crippen molar-refractivity contribution in [3.05, 3.63) is 59.9 Å². The standard InChI is InChI=1S/C21H27FN4O3S/c1-24(2)30(28,29)26(20-8-4-3-7-19(20)22)16-21(27)23-15-17-9-11-18(12-10-17)25-13-5-6-14-25/h3-4,7-12H,5-6,13-16H2,1-2H3,(H,23,27). The monoisotopic (exact) mass is 434 g/mol. The lowest BCUT2D eigenvalue weighted by atomic mass is 10.2. The summed E-state index contributed by atoms with van der Waals surface area (Å²) in [6.07, 6.45) is 2.40. The van der Waals surface area contributed by atoms with Gasteiger partial charge in [0.25, 0.3) is 0 Å². The lowest BCUT2D eigenvalue weighted by Gasteiger charge is -2.27. The van der Waals surface area contributed by atoms with E-state index in [2.05, 4.69) is 10.2 Å². The van der Waals surface area contributed by atoms with Crippen LogP contribution in [-0.2, 0) is 21.5 Å². The van der Waals surface area contributed by atoms with Crippen LogP contribution in [0, 0.1) is 5.82 Å². The zero-order valence-corrected chi connectivity index (χ0v) is 18.0. The van der Waals surface area contributed by atoms with Crippen molar-refractivity contribution in [3.8, 4) is 0 Å². The van der Waals surface area contributed by atoms with Crippen LogP contribution in [0.4, 0.5) is 15.8 Å². The number of benzene rings is 2. The summed E-state index contributed by atoms with van der Waals surface area (Å²) in [6, 6.07) is 13.4. The van der Waals surface area contributed by atoms with E-state index < -0.39 is 28.5 Å². The summed E-state index contributed by atoms with van der Waals surface area (Å²) in [4.78, 5) is 14.8. The molecule has 0 atom stereocenters. The fraction of sp³-hybridized carbons (Fsp3) is 0.381. The maximum Gasteiger partial charge on any atom is 0.304 e. The number of amides is 1. The van der Waals surface area contributed by atoms with Crippen molar-refractivity contribution in [1.29, 1.82) is 0 Å². The summed E-state index contributed by atoms with van der Waals surface area (Å²) in [5.74, 6) is -1.24. The number of halogens is 1. The molecule has 3 rings (SSSR count). The molecular weight excluding hydrogens is 407 g/mol. The summed E-state index contributed by atoms with van der Waals surface area (Å²) >= 11 is 0. The molecule has 0 aliphatic carbocycles. The Bertz CT molecular complexity index is 974. The van der Waals surface area contributed by atoms with E-state index in [-0.39, 0.29) is 12.2 Å². The van der Waals surface area contributed by atoms with Gasteiger partial charge >= 0.3 is 10.2 Å².